The van der Waals surface area contributed by atoms with Crippen molar-refractivity contribution in [3.63, 3.8) is 0 Å². The molecule has 6 nitrogen and oxygen atoms in total. The third-order valence-electron chi connectivity index (χ3n) is 6.03. The van der Waals surface area contributed by atoms with Crippen LogP contribution >= 0.6 is 11.8 Å². The predicted molar refractivity (Wildman–Crippen MR) is 106 cm³/mol. The first kappa shape index (κ1) is 20.4. The number of nitrogens with zero attached hydrogens (tertiary/aromatic N) is 1. The van der Waals surface area contributed by atoms with Gasteiger partial charge in [0, 0.05) is 30.8 Å². The van der Waals surface area contributed by atoms with Gasteiger partial charge in [0.1, 0.15) is 5.50 Å². The molecule has 0 aromatic rings. The summed E-state index contributed by atoms with van der Waals surface area (Å²) in [5.74, 6) is 0.827. The molecule has 150 valence electrons. The van der Waals surface area contributed by atoms with Gasteiger partial charge in [-0.2, -0.15) is 4.31 Å². The van der Waals surface area contributed by atoms with E-state index >= 15 is 0 Å². The van der Waals surface area contributed by atoms with Crippen molar-refractivity contribution in [1.82, 2.24) is 14.9 Å². The molecule has 1 amide bonds. The summed E-state index contributed by atoms with van der Waals surface area (Å²) in [5.41, 5.74) is -0.0196. The van der Waals surface area contributed by atoms with Crippen LogP contribution in [0.25, 0.3) is 0 Å². The van der Waals surface area contributed by atoms with Crippen molar-refractivity contribution in [1.29, 1.82) is 0 Å². The number of amides is 1. The molecule has 3 fully saturated rings. The molecule has 2 aliphatic carbocycles. The second kappa shape index (κ2) is 9.26. The van der Waals surface area contributed by atoms with Gasteiger partial charge in [0.25, 0.3) is 0 Å². The molecule has 3 unspecified atom stereocenters. The van der Waals surface area contributed by atoms with Gasteiger partial charge in [-0.1, -0.05) is 32.6 Å². The largest absolute Gasteiger partial charge is 0.332 e. The van der Waals surface area contributed by atoms with E-state index in [0.717, 1.165) is 50.8 Å². The molecule has 0 aromatic carbocycles. The Morgan fingerprint density at radius 1 is 1.15 bits per heavy atom. The molecule has 1 aliphatic heterocycles. The fourth-order valence-corrected chi connectivity index (χ4v) is 7.84. The highest BCUT2D eigenvalue weighted by molar-refractivity contribution is 8.00. The van der Waals surface area contributed by atoms with Crippen LogP contribution in [-0.4, -0.2) is 54.3 Å². The number of hydrogen-bond donors (Lipinski definition) is 2. The predicted octanol–water partition coefficient (Wildman–Crippen LogP) is 2.27. The molecular formula is C18H33N3O3S2. The van der Waals surface area contributed by atoms with E-state index in [4.69, 9.17) is 0 Å². The number of hydrogen-bond acceptors (Lipinski definition) is 5. The molecule has 1 heterocycles. The van der Waals surface area contributed by atoms with Crippen LogP contribution in [-0.2, 0) is 14.8 Å². The van der Waals surface area contributed by atoms with Crippen LogP contribution in [0, 0.1) is 5.92 Å². The van der Waals surface area contributed by atoms with Gasteiger partial charge in [-0.25, -0.2) is 8.42 Å². The zero-order valence-electron chi connectivity index (χ0n) is 15.8. The average molecular weight is 404 g/mol. The average Bonchev–Trinajstić information content (AvgIpc) is 3.16. The molecule has 3 aliphatic rings. The van der Waals surface area contributed by atoms with Gasteiger partial charge in [0.2, 0.25) is 15.9 Å². The van der Waals surface area contributed by atoms with Crippen LogP contribution in [0.5, 0.6) is 0 Å². The van der Waals surface area contributed by atoms with E-state index < -0.39 is 15.3 Å². The lowest BCUT2D eigenvalue weighted by Crippen LogP contribution is -2.49. The second-order valence-electron chi connectivity index (χ2n) is 7.74. The van der Waals surface area contributed by atoms with E-state index in [1.54, 1.807) is 16.1 Å². The van der Waals surface area contributed by atoms with Crippen molar-refractivity contribution in [3.05, 3.63) is 0 Å². The van der Waals surface area contributed by atoms with Gasteiger partial charge in [-0.3, -0.25) is 10.1 Å². The molecular weight excluding hydrogens is 370 g/mol. The minimum absolute atomic E-state index is 0.0116. The van der Waals surface area contributed by atoms with Crippen LogP contribution in [0.3, 0.4) is 0 Å². The van der Waals surface area contributed by atoms with Crippen molar-refractivity contribution in [2.45, 2.75) is 81.5 Å². The van der Waals surface area contributed by atoms with Gasteiger partial charge in [0.15, 0.2) is 0 Å². The first-order chi connectivity index (χ1) is 12.5. The van der Waals surface area contributed by atoms with Gasteiger partial charge in [-0.15, -0.1) is 11.8 Å². The van der Waals surface area contributed by atoms with Gasteiger partial charge >= 0.3 is 0 Å². The lowest BCUT2D eigenvalue weighted by Gasteiger charge is -2.37. The molecule has 0 radical (unpaired) electrons. The summed E-state index contributed by atoms with van der Waals surface area (Å²) in [4.78, 5) is 12.6. The number of thioether (sulfide) groups is 1. The molecule has 0 bridgehead atoms. The smallest absolute Gasteiger partial charge is 0.225 e. The molecule has 0 aromatic heterocycles. The zero-order valence-corrected chi connectivity index (χ0v) is 17.4. The van der Waals surface area contributed by atoms with Crippen LogP contribution in [0.2, 0.25) is 0 Å². The number of carbonyl (C=O) groups excluding carboxylic acids is 1. The van der Waals surface area contributed by atoms with Gasteiger partial charge in [-0.05, 0) is 32.1 Å². The monoisotopic (exact) mass is 403 g/mol. The minimum atomic E-state index is -3.34. The Morgan fingerprint density at radius 2 is 1.92 bits per heavy atom. The summed E-state index contributed by atoms with van der Waals surface area (Å²) in [7, 11) is -3.34. The van der Waals surface area contributed by atoms with Crippen LogP contribution in [0.15, 0.2) is 0 Å². The van der Waals surface area contributed by atoms with Crippen molar-refractivity contribution >= 4 is 27.7 Å². The molecule has 8 heteroatoms. The molecule has 0 spiro atoms. The highest BCUT2D eigenvalue weighted by atomic mass is 32.2. The summed E-state index contributed by atoms with van der Waals surface area (Å²) in [6.07, 6.45) is 8.19. The van der Waals surface area contributed by atoms with E-state index in [1.165, 1.54) is 6.42 Å². The normalized spacial score (nSPS) is 31.2. The summed E-state index contributed by atoms with van der Waals surface area (Å²) in [5, 5.41) is 5.87. The Hall–Kier alpha value is -0.310. The fraction of sp³-hybridized carbons (Fsp3) is 0.944. The van der Waals surface area contributed by atoms with Gasteiger partial charge < -0.3 is 5.32 Å². The quantitative estimate of drug-likeness (QED) is 0.711. The van der Waals surface area contributed by atoms with E-state index in [2.05, 4.69) is 10.6 Å². The van der Waals surface area contributed by atoms with Crippen molar-refractivity contribution in [2.75, 3.05) is 18.8 Å². The number of sulfonamides is 1. The topological polar surface area (TPSA) is 78.5 Å². The Morgan fingerprint density at radius 3 is 2.58 bits per heavy atom. The molecule has 3 rings (SSSR count). The van der Waals surface area contributed by atoms with E-state index in [0.29, 0.717) is 19.4 Å². The number of rotatable bonds is 6. The molecule has 2 N–H and O–H groups in total. The maximum atomic E-state index is 13.3. The SMILES string of the molecule is CCN(C1CCCCC1)S(=O)(=O)C1CCCC(C(=O)NC2NCCS2)C1. The first-order valence-corrected chi connectivity index (χ1v) is 12.7. The van der Waals surface area contributed by atoms with Crippen LogP contribution < -0.4 is 10.6 Å². The number of nitrogens with one attached hydrogen (secondary N) is 2. The molecule has 26 heavy (non-hydrogen) atoms. The fourth-order valence-electron chi connectivity index (χ4n) is 4.63. The lowest BCUT2D eigenvalue weighted by atomic mass is 9.88. The first-order valence-electron chi connectivity index (χ1n) is 10.2. The molecule has 1 saturated heterocycles. The summed E-state index contributed by atoms with van der Waals surface area (Å²) < 4.78 is 28.4. The lowest BCUT2D eigenvalue weighted by molar-refractivity contribution is -0.126. The van der Waals surface area contributed by atoms with Crippen molar-refractivity contribution in [3.8, 4) is 0 Å². The Kier molecular flexibility index (Phi) is 7.27. The third kappa shape index (κ3) is 4.75. The minimum Gasteiger partial charge on any atom is -0.332 e. The summed E-state index contributed by atoms with van der Waals surface area (Å²) >= 11 is 1.70. The van der Waals surface area contributed by atoms with Crippen LogP contribution in [0.1, 0.15) is 64.7 Å². The van der Waals surface area contributed by atoms with E-state index in [-0.39, 0.29) is 23.4 Å². The van der Waals surface area contributed by atoms with Crippen molar-refractivity contribution < 1.29 is 13.2 Å². The summed E-state index contributed by atoms with van der Waals surface area (Å²) in [6.45, 7) is 3.40. The maximum absolute atomic E-state index is 13.3. The molecule has 2 saturated carbocycles. The summed E-state index contributed by atoms with van der Waals surface area (Å²) in [6, 6.07) is 0.159. The molecule has 3 atom stereocenters. The van der Waals surface area contributed by atoms with E-state index in [9.17, 15) is 13.2 Å². The Labute approximate surface area is 162 Å². The maximum Gasteiger partial charge on any atom is 0.225 e. The highest BCUT2D eigenvalue weighted by Crippen LogP contribution is 2.34. The highest BCUT2D eigenvalue weighted by Gasteiger charge is 2.40. The Bertz CT molecular complexity index is 572. The Balaban J connectivity index is 1.63. The zero-order chi connectivity index (χ0) is 18.6. The van der Waals surface area contributed by atoms with Gasteiger partial charge in [0.05, 0.1) is 5.25 Å². The standard InChI is InChI=1S/C18H33N3O3S2/c1-2-21(15-8-4-3-5-9-15)26(23,24)16-10-6-7-14(13-16)17(22)20-18-19-11-12-25-18/h14-16,18-19H,2-13H2,1H3,(H,20,22). The second-order valence-corrected chi connectivity index (χ2v) is 11.1. The van der Waals surface area contributed by atoms with E-state index in [1.807, 2.05) is 6.92 Å². The van der Waals surface area contributed by atoms with Crippen LogP contribution in [0.4, 0.5) is 0 Å². The number of carbonyl (C=O) groups is 1. The van der Waals surface area contributed by atoms with Crippen molar-refractivity contribution in [2.24, 2.45) is 5.92 Å². The third-order valence-corrected chi connectivity index (χ3v) is 9.57.